The van der Waals surface area contributed by atoms with Crippen molar-refractivity contribution in [3.63, 3.8) is 0 Å². The molecule has 0 radical (unpaired) electrons. The highest BCUT2D eigenvalue weighted by molar-refractivity contribution is 5.95. The average Bonchev–Trinajstić information content (AvgIpc) is 3.37. The number of hydrogen-bond acceptors (Lipinski definition) is 6. The van der Waals surface area contributed by atoms with Crippen molar-refractivity contribution < 1.29 is 27.9 Å². The van der Waals surface area contributed by atoms with Gasteiger partial charge in [-0.3, -0.25) is 14.5 Å². The Kier molecular flexibility index (Phi) is 10.2. The maximum atomic E-state index is 13.2. The number of nitrogens with zero attached hydrogens (tertiary/aromatic N) is 4. The van der Waals surface area contributed by atoms with E-state index in [-0.39, 0.29) is 18.1 Å². The fraction of sp³-hybridized carbons (Fsp3) is 0.375. The first-order valence-corrected chi connectivity index (χ1v) is 14.2. The number of nitrogens with one attached hydrogen (secondary N) is 1. The summed E-state index contributed by atoms with van der Waals surface area (Å²) >= 11 is 0. The van der Waals surface area contributed by atoms with E-state index in [0.717, 1.165) is 29.7 Å². The van der Waals surface area contributed by atoms with Crippen LogP contribution in [0, 0.1) is 5.41 Å². The first-order chi connectivity index (χ1) is 20.5. The van der Waals surface area contributed by atoms with E-state index < -0.39 is 28.8 Å². The van der Waals surface area contributed by atoms with Crippen LogP contribution in [0.15, 0.2) is 67.0 Å². The number of amides is 2. The van der Waals surface area contributed by atoms with Gasteiger partial charge in [0.15, 0.2) is 5.82 Å². The van der Waals surface area contributed by atoms with Gasteiger partial charge in [0.2, 0.25) is 11.8 Å². The molecule has 1 saturated heterocycles. The molecule has 0 saturated carbocycles. The van der Waals surface area contributed by atoms with Crippen LogP contribution in [0.5, 0.6) is 5.75 Å². The molecule has 0 spiro atoms. The van der Waals surface area contributed by atoms with Crippen molar-refractivity contribution in [1.29, 1.82) is 0 Å². The Morgan fingerprint density at radius 3 is 2.51 bits per heavy atom. The summed E-state index contributed by atoms with van der Waals surface area (Å²) in [5.74, 6) is -0.688. The minimum Gasteiger partial charge on any atom is -0.507 e. The number of carbonyl (C=O) groups excluding carboxylic acids is 2. The van der Waals surface area contributed by atoms with Gasteiger partial charge in [0.25, 0.3) is 0 Å². The number of aromatic hydroxyl groups is 1. The molecule has 1 unspecified atom stereocenters. The second-order valence-corrected chi connectivity index (χ2v) is 11.0. The summed E-state index contributed by atoms with van der Waals surface area (Å²) in [5, 5.41) is 12.1. The van der Waals surface area contributed by atoms with Crippen LogP contribution in [-0.4, -0.2) is 69.4 Å². The number of aromatic nitrogens is 2. The number of benzene rings is 2. The van der Waals surface area contributed by atoms with E-state index in [2.05, 4.69) is 15.3 Å². The van der Waals surface area contributed by atoms with Gasteiger partial charge in [-0.05, 0) is 62.6 Å². The monoisotopic (exact) mass is 595 g/mol. The molecule has 2 amide bonds. The Balaban J connectivity index is 1.28. The number of alkyl halides is 3. The molecule has 2 N–H and O–H groups in total. The van der Waals surface area contributed by atoms with E-state index in [1.807, 2.05) is 53.1 Å². The highest BCUT2D eigenvalue weighted by Crippen LogP contribution is 2.38. The van der Waals surface area contributed by atoms with Crippen LogP contribution in [0.3, 0.4) is 0 Å². The molecule has 1 fully saturated rings. The number of rotatable bonds is 11. The molecule has 1 aliphatic rings. The van der Waals surface area contributed by atoms with E-state index in [9.17, 15) is 27.9 Å². The van der Waals surface area contributed by atoms with Crippen molar-refractivity contribution in [2.24, 2.45) is 5.41 Å². The van der Waals surface area contributed by atoms with E-state index in [0.29, 0.717) is 44.8 Å². The van der Waals surface area contributed by atoms with Gasteiger partial charge in [-0.1, -0.05) is 43.3 Å². The van der Waals surface area contributed by atoms with Crippen LogP contribution in [0.1, 0.15) is 44.2 Å². The van der Waals surface area contributed by atoms with E-state index in [4.69, 9.17) is 0 Å². The van der Waals surface area contributed by atoms with Crippen LogP contribution in [0.25, 0.3) is 17.5 Å². The van der Waals surface area contributed by atoms with Crippen molar-refractivity contribution >= 4 is 23.6 Å². The number of likely N-dealkylation sites (tertiary alicyclic amines) is 1. The third-order valence-electron chi connectivity index (χ3n) is 7.48. The molecule has 43 heavy (non-hydrogen) atoms. The molecular formula is C32H36F3N5O3. The van der Waals surface area contributed by atoms with E-state index in [1.165, 1.54) is 6.07 Å². The van der Waals surface area contributed by atoms with Crippen molar-refractivity contribution in [3.8, 4) is 17.1 Å². The van der Waals surface area contributed by atoms with E-state index in [1.54, 1.807) is 25.4 Å². The maximum Gasteiger partial charge on any atom is 0.420 e. The molecule has 1 aromatic heterocycles. The van der Waals surface area contributed by atoms with Gasteiger partial charge in [0.1, 0.15) is 5.75 Å². The first-order valence-electron chi connectivity index (χ1n) is 14.2. The van der Waals surface area contributed by atoms with Crippen molar-refractivity contribution in [2.75, 3.05) is 38.0 Å². The Bertz CT molecular complexity index is 1430. The number of halogens is 3. The number of hydrogen-bond donors (Lipinski definition) is 2. The topological polar surface area (TPSA) is 98.7 Å². The lowest BCUT2D eigenvalue weighted by Gasteiger charge is -2.26. The zero-order valence-corrected chi connectivity index (χ0v) is 24.3. The molecule has 8 nitrogen and oxygen atoms in total. The molecular weight excluding hydrogens is 559 g/mol. The molecule has 1 aliphatic heterocycles. The molecule has 0 aliphatic carbocycles. The summed E-state index contributed by atoms with van der Waals surface area (Å²) in [4.78, 5) is 38.5. The molecule has 1 atom stereocenters. The molecule has 228 valence electrons. The van der Waals surface area contributed by atoms with Crippen LogP contribution < -0.4 is 5.32 Å². The summed E-state index contributed by atoms with van der Waals surface area (Å²) in [5.41, 5.74) is -0.171. The van der Waals surface area contributed by atoms with Gasteiger partial charge in [0, 0.05) is 43.3 Å². The van der Waals surface area contributed by atoms with Crippen molar-refractivity contribution in [2.45, 2.75) is 39.3 Å². The Morgan fingerprint density at radius 1 is 1.12 bits per heavy atom. The molecule has 2 aromatic carbocycles. The number of carbonyl (C=O) groups is 2. The summed E-state index contributed by atoms with van der Waals surface area (Å²) in [7, 11) is 0. The summed E-state index contributed by atoms with van der Waals surface area (Å²) < 4.78 is 39.5. The quantitative estimate of drug-likeness (QED) is 0.270. The summed E-state index contributed by atoms with van der Waals surface area (Å²) in [6.45, 7) is 5.92. The number of phenols is 1. The lowest BCUT2D eigenvalue weighted by atomic mass is 9.88. The predicted molar refractivity (Wildman–Crippen MR) is 159 cm³/mol. The second-order valence-electron chi connectivity index (χ2n) is 11.0. The average molecular weight is 596 g/mol. The van der Waals surface area contributed by atoms with Crippen molar-refractivity contribution in [1.82, 2.24) is 19.8 Å². The normalized spacial score (nSPS) is 17.3. The minimum absolute atomic E-state index is 0.0273. The smallest absolute Gasteiger partial charge is 0.420 e. The Labute approximate surface area is 249 Å². The Hall–Kier alpha value is -4.25. The predicted octanol–water partition coefficient (Wildman–Crippen LogP) is 5.86. The van der Waals surface area contributed by atoms with Gasteiger partial charge in [-0.15, -0.1) is 0 Å². The number of phenolic OH excluding ortho intramolecular Hbond substituents is 1. The van der Waals surface area contributed by atoms with Gasteiger partial charge < -0.3 is 15.3 Å². The van der Waals surface area contributed by atoms with Gasteiger partial charge in [-0.2, -0.15) is 13.2 Å². The van der Waals surface area contributed by atoms with Crippen LogP contribution in [0.4, 0.5) is 18.9 Å². The Morgan fingerprint density at radius 2 is 1.84 bits per heavy atom. The third-order valence-corrected chi connectivity index (χ3v) is 7.48. The van der Waals surface area contributed by atoms with Gasteiger partial charge in [0.05, 0.1) is 17.5 Å². The first kappa shape index (κ1) is 31.7. The van der Waals surface area contributed by atoms with Crippen LogP contribution >= 0.6 is 0 Å². The lowest BCUT2D eigenvalue weighted by molar-refractivity contribution is -0.138. The fourth-order valence-corrected chi connectivity index (χ4v) is 5.06. The number of anilines is 1. The van der Waals surface area contributed by atoms with Crippen LogP contribution in [0.2, 0.25) is 0 Å². The zero-order chi connectivity index (χ0) is 31.0. The van der Waals surface area contributed by atoms with Gasteiger partial charge in [-0.25, -0.2) is 9.97 Å². The van der Waals surface area contributed by atoms with E-state index >= 15 is 0 Å². The largest absolute Gasteiger partial charge is 0.507 e. The molecule has 0 bridgehead atoms. The fourth-order valence-electron chi connectivity index (χ4n) is 5.06. The summed E-state index contributed by atoms with van der Waals surface area (Å²) in [6.07, 6.45) is 4.67. The van der Waals surface area contributed by atoms with Crippen LogP contribution in [-0.2, 0) is 15.8 Å². The SMILES string of the molecule is CCCN(CC/C=C/c1ccc(-c2ncccn2)cc1)C(=O)CN1CCC(C)(C(=O)Nc2ccc(O)c(C(F)(F)F)c2)C1. The minimum atomic E-state index is -4.75. The molecule has 11 heteroatoms. The highest BCUT2D eigenvalue weighted by atomic mass is 19.4. The van der Waals surface area contributed by atoms with Crippen molar-refractivity contribution in [3.05, 3.63) is 78.1 Å². The van der Waals surface area contributed by atoms with Gasteiger partial charge >= 0.3 is 6.18 Å². The molecule has 3 aromatic rings. The summed E-state index contributed by atoms with van der Waals surface area (Å²) in [6, 6.07) is 12.6. The standard InChI is InChI=1S/C32H36F3N5O3/c1-3-17-40(18-5-4-7-23-8-10-24(11-9-23)29-36-15-6-16-37-29)28(42)21-39-19-14-31(2,22-39)30(43)38-25-12-13-27(41)26(20-25)32(33,34)35/h4,6-13,15-16,20,41H,3,5,14,17-19,21-22H2,1-2H3,(H,38,43)/b7-4+. The molecule has 2 heterocycles. The maximum absolute atomic E-state index is 13.2. The zero-order valence-electron chi connectivity index (χ0n) is 24.3. The molecule has 4 rings (SSSR count). The lowest BCUT2D eigenvalue weighted by Crippen LogP contribution is -2.42. The second kappa shape index (κ2) is 13.8. The highest BCUT2D eigenvalue weighted by Gasteiger charge is 2.41. The third kappa shape index (κ3) is 8.41.